The fourth-order valence-electron chi connectivity index (χ4n) is 2.28. The fraction of sp³-hybridized carbons (Fsp3) is 0.263. The molecule has 0 aliphatic carbocycles. The van der Waals surface area contributed by atoms with Crippen molar-refractivity contribution in [2.24, 2.45) is 0 Å². The predicted molar refractivity (Wildman–Crippen MR) is 100 cm³/mol. The molecule has 0 atom stereocenters. The number of hydrogen-bond acceptors (Lipinski definition) is 4. The molecular formula is C19H21NO4S. The number of aromatic hydroxyl groups is 1. The van der Waals surface area contributed by atoms with Gasteiger partial charge in [-0.15, -0.1) is 0 Å². The lowest BCUT2D eigenvalue weighted by Crippen LogP contribution is -2.18. The van der Waals surface area contributed by atoms with Crippen molar-refractivity contribution in [1.82, 2.24) is 0 Å². The Hall–Kier alpha value is -2.60. The Kier molecular flexibility index (Phi) is 7.72. The first-order chi connectivity index (χ1) is 12.2. The molecule has 5 nitrogen and oxygen atoms in total. The molecule has 0 saturated heterocycles. The van der Waals surface area contributed by atoms with Gasteiger partial charge in [-0.1, -0.05) is 18.2 Å². The van der Waals surface area contributed by atoms with Gasteiger partial charge in [0.2, 0.25) is 5.91 Å². The third-order valence-electron chi connectivity index (χ3n) is 3.53. The Labute approximate surface area is 150 Å². The molecular weight excluding hydrogens is 338 g/mol. The molecule has 1 amide bonds. The first-order valence-electron chi connectivity index (χ1n) is 8.09. The Morgan fingerprint density at radius 2 is 1.96 bits per heavy atom. The second kappa shape index (κ2) is 10.3. The maximum atomic E-state index is 11.2. The molecule has 1 heterocycles. The summed E-state index contributed by atoms with van der Waals surface area (Å²) in [5, 5.41) is 13.1. The number of fused-ring (bicyclic) bond motifs is 1. The number of carbonyl (C=O) groups is 1. The van der Waals surface area contributed by atoms with Crippen LogP contribution in [0.4, 0.5) is 5.69 Å². The minimum Gasteiger partial charge on any atom is -0.508 e. The van der Waals surface area contributed by atoms with Gasteiger partial charge in [-0.05, 0) is 55.2 Å². The summed E-state index contributed by atoms with van der Waals surface area (Å²) in [6, 6.07) is 14.4. The SMILES string of the molecule is O=S=CCCCOc1ccc2c(c1)CCC(=O)N2.Oc1ccccc1. The molecule has 0 aromatic heterocycles. The molecule has 2 aromatic rings. The van der Waals surface area contributed by atoms with Crippen LogP contribution in [0.2, 0.25) is 0 Å². The number of unbranched alkanes of at least 4 members (excludes halogenated alkanes) is 1. The third-order valence-corrected chi connectivity index (χ3v) is 3.90. The Morgan fingerprint density at radius 1 is 1.16 bits per heavy atom. The van der Waals surface area contributed by atoms with E-state index in [1.54, 1.807) is 29.6 Å². The summed E-state index contributed by atoms with van der Waals surface area (Å²) in [6.07, 6.45) is 2.89. The molecule has 132 valence electrons. The second-order valence-electron chi connectivity index (χ2n) is 5.46. The van der Waals surface area contributed by atoms with Gasteiger partial charge in [0.15, 0.2) is 0 Å². The number of anilines is 1. The maximum absolute atomic E-state index is 11.2. The van der Waals surface area contributed by atoms with Gasteiger partial charge in [0, 0.05) is 17.5 Å². The number of para-hydroxylation sites is 1. The molecule has 0 unspecified atom stereocenters. The highest BCUT2D eigenvalue weighted by Crippen LogP contribution is 2.26. The highest BCUT2D eigenvalue weighted by Gasteiger charge is 2.14. The van der Waals surface area contributed by atoms with E-state index in [-0.39, 0.29) is 5.91 Å². The average Bonchev–Trinajstić information content (AvgIpc) is 2.63. The van der Waals surface area contributed by atoms with Gasteiger partial charge >= 0.3 is 0 Å². The summed E-state index contributed by atoms with van der Waals surface area (Å²) in [5.41, 5.74) is 2.00. The third kappa shape index (κ3) is 6.81. The van der Waals surface area contributed by atoms with E-state index in [0.29, 0.717) is 30.0 Å². The molecule has 2 N–H and O–H groups in total. The first kappa shape index (κ1) is 18.7. The summed E-state index contributed by atoms with van der Waals surface area (Å²) in [4.78, 5) is 11.2. The van der Waals surface area contributed by atoms with Gasteiger partial charge in [0.1, 0.15) is 11.5 Å². The lowest BCUT2D eigenvalue weighted by molar-refractivity contribution is -0.116. The first-order valence-corrected chi connectivity index (χ1v) is 8.89. The number of nitrogens with one attached hydrogen (secondary N) is 1. The van der Waals surface area contributed by atoms with Crippen molar-refractivity contribution in [2.45, 2.75) is 25.7 Å². The zero-order valence-electron chi connectivity index (χ0n) is 13.8. The number of phenolic OH excluding ortho intramolecular Hbond substituents is 1. The molecule has 1 aliphatic heterocycles. The van der Waals surface area contributed by atoms with Crippen LogP contribution in [0.3, 0.4) is 0 Å². The van der Waals surface area contributed by atoms with Crippen LogP contribution >= 0.6 is 0 Å². The molecule has 0 bridgehead atoms. The van der Waals surface area contributed by atoms with Crippen LogP contribution in [0, 0.1) is 0 Å². The zero-order chi connectivity index (χ0) is 17.9. The van der Waals surface area contributed by atoms with E-state index < -0.39 is 0 Å². The summed E-state index contributed by atoms with van der Waals surface area (Å²) in [6.45, 7) is 0.599. The van der Waals surface area contributed by atoms with Crippen LogP contribution in [-0.4, -0.2) is 27.2 Å². The minimum atomic E-state index is 0.0711. The molecule has 1 aliphatic rings. The number of hydrogen-bond donors (Lipinski definition) is 2. The molecule has 25 heavy (non-hydrogen) atoms. The average molecular weight is 359 g/mol. The van der Waals surface area contributed by atoms with Gasteiger partial charge in [-0.25, -0.2) is 4.21 Å². The number of carbonyl (C=O) groups excluding carboxylic acids is 1. The molecule has 0 saturated carbocycles. The van der Waals surface area contributed by atoms with E-state index in [0.717, 1.165) is 36.3 Å². The van der Waals surface area contributed by atoms with Crippen molar-refractivity contribution < 1.29 is 18.8 Å². The zero-order valence-corrected chi connectivity index (χ0v) is 14.6. The summed E-state index contributed by atoms with van der Waals surface area (Å²) in [7, 11) is 0. The van der Waals surface area contributed by atoms with Crippen molar-refractivity contribution in [3.8, 4) is 11.5 Å². The van der Waals surface area contributed by atoms with Crippen molar-refractivity contribution in [1.29, 1.82) is 0 Å². The number of aryl methyl sites for hydroxylation is 1. The number of phenols is 1. The van der Waals surface area contributed by atoms with Crippen molar-refractivity contribution in [3.63, 3.8) is 0 Å². The second-order valence-corrected chi connectivity index (χ2v) is 5.98. The van der Waals surface area contributed by atoms with Crippen molar-refractivity contribution in [3.05, 3.63) is 54.1 Å². The van der Waals surface area contributed by atoms with Gasteiger partial charge < -0.3 is 15.2 Å². The molecule has 0 spiro atoms. The predicted octanol–water partition coefficient (Wildman–Crippen LogP) is 3.14. The van der Waals surface area contributed by atoms with Crippen LogP contribution in [-0.2, 0) is 22.5 Å². The van der Waals surface area contributed by atoms with Crippen LogP contribution in [0.15, 0.2) is 48.5 Å². The molecule has 2 aromatic carbocycles. The van der Waals surface area contributed by atoms with Crippen molar-refractivity contribution in [2.75, 3.05) is 11.9 Å². The van der Waals surface area contributed by atoms with Crippen LogP contribution in [0.5, 0.6) is 11.5 Å². The molecule has 0 fully saturated rings. The summed E-state index contributed by atoms with van der Waals surface area (Å²) < 4.78 is 15.7. The van der Waals surface area contributed by atoms with Gasteiger partial charge in [-0.3, -0.25) is 4.79 Å². The standard InChI is InChI=1S/C13H15NO3S.C6H6O/c15-13-6-3-10-9-11(4-5-12(10)14-13)17-7-1-2-8-18-16;7-6-4-2-1-3-5-6/h4-5,8-9H,1-3,6-7H2,(H,14,15);1-5,7H. The Bertz CT molecular complexity index is 742. The highest BCUT2D eigenvalue weighted by atomic mass is 32.1. The Balaban J connectivity index is 0.000000269. The summed E-state index contributed by atoms with van der Waals surface area (Å²) >= 11 is 0.496. The number of ether oxygens (including phenoxy) is 1. The van der Waals surface area contributed by atoms with Crippen LogP contribution < -0.4 is 10.1 Å². The minimum absolute atomic E-state index is 0.0711. The summed E-state index contributed by atoms with van der Waals surface area (Å²) in [5.74, 6) is 1.21. The van der Waals surface area contributed by atoms with E-state index in [1.807, 2.05) is 24.3 Å². The van der Waals surface area contributed by atoms with Crippen LogP contribution in [0.25, 0.3) is 0 Å². The number of amides is 1. The largest absolute Gasteiger partial charge is 0.508 e. The topological polar surface area (TPSA) is 75.6 Å². The van der Waals surface area contributed by atoms with Gasteiger partial charge in [0.05, 0.1) is 17.9 Å². The van der Waals surface area contributed by atoms with E-state index in [2.05, 4.69) is 5.32 Å². The van der Waals surface area contributed by atoms with E-state index in [1.165, 1.54) is 0 Å². The van der Waals surface area contributed by atoms with E-state index in [4.69, 9.17) is 9.84 Å². The molecule has 3 rings (SSSR count). The van der Waals surface area contributed by atoms with Crippen molar-refractivity contribution >= 4 is 28.2 Å². The fourth-order valence-corrected chi connectivity index (χ4v) is 2.55. The van der Waals surface area contributed by atoms with Crippen LogP contribution in [0.1, 0.15) is 24.8 Å². The quantitative estimate of drug-likeness (QED) is 0.635. The van der Waals surface area contributed by atoms with E-state index >= 15 is 0 Å². The molecule has 6 heteroatoms. The highest BCUT2D eigenvalue weighted by molar-refractivity contribution is 7.64. The smallest absolute Gasteiger partial charge is 0.224 e. The van der Waals surface area contributed by atoms with Gasteiger partial charge in [-0.2, -0.15) is 0 Å². The lowest BCUT2D eigenvalue weighted by Gasteiger charge is -2.17. The number of rotatable bonds is 5. The maximum Gasteiger partial charge on any atom is 0.224 e. The van der Waals surface area contributed by atoms with E-state index in [9.17, 15) is 9.00 Å². The van der Waals surface area contributed by atoms with Gasteiger partial charge in [0.25, 0.3) is 0 Å². The monoisotopic (exact) mass is 359 g/mol. The number of benzene rings is 2. The lowest BCUT2D eigenvalue weighted by atomic mass is 10.0. The normalized spacial score (nSPS) is 12.1. The Morgan fingerprint density at radius 3 is 2.64 bits per heavy atom. The molecule has 0 radical (unpaired) electrons.